The molecule has 0 radical (unpaired) electrons. The van der Waals surface area contributed by atoms with E-state index in [4.69, 9.17) is 4.74 Å². The molecule has 1 atom stereocenters. The number of ether oxygens (including phenoxy) is 1. The van der Waals surface area contributed by atoms with Crippen LogP contribution in [-0.4, -0.2) is 35.2 Å². The number of anilines is 1. The zero-order valence-corrected chi connectivity index (χ0v) is 13.4. The fourth-order valence-corrected chi connectivity index (χ4v) is 2.77. The SMILES string of the molecule is COc1ccccc1NC(=O)C[C@H]1S/C(=N/NC(C)=O)NC1=O. The van der Waals surface area contributed by atoms with Crippen LogP contribution in [0.1, 0.15) is 13.3 Å². The van der Waals surface area contributed by atoms with Gasteiger partial charge in [0.05, 0.1) is 12.8 Å². The number of carbonyl (C=O) groups excluding carboxylic acids is 3. The Morgan fingerprint density at radius 1 is 1.39 bits per heavy atom. The van der Waals surface area contributed by atoms with E-state index in [0.29, 0.717) is 11.4 Å². The molecule has 1 heterocycles. The summed E-state index contributed by atoms with van der Waals surface area (Å²) < 4.78 is 5.15. The van der Waals surface area contributed by atoms with Crippen LogP contribution >= 0.6 is 11.8 Å². The number of amidine groups is 1. The van der Waals surface area contributed by atoms with Crippen LogP contribution in [0.5, 0.6) is 5.75 Å². The number of hydrogen-bond donors (Lipinski definition) is 3. The third kappa shape index (κ3) is 4.71. The molecule has 0 bridgehead atoms. The van der Waals surface area contributed by atoms with Crippen molar-refractivity contribution < 1.29 is 19.1 Å². The third-order valence-electron chi connectivity index (χ3n) is 2.84. The van der Waals surface area contributed by atoms with E-state index in [1.165, 1.54) is 14.0 Å². The van der Waals surface area contributed by atoms with Crippen LogP contribution in [0, 0.1) is 0 Å². The molecule has 3 amide bonds. The summed E-state index contributed by atoms with van der Waals surface area (Å²) in [7, 11) is 1.51. The van der Waals surface area contributed by atoms with Gasteiger partial charge in [0, 0.05) is 13.3 Å². The summed E-state index contributed by atoms with van der Waals surface area (Å²) in [5, 5.41) is 8.62. The van der Waals surface area contributed by atoms with Crippen molar-refractivity contribution in [2.24, 2.45) is 5.10 Å². The van der Waals surface area contributed by atoms with Gasteiger partial charge in [0.15, 0.2) is 5.17 Å². The number of amides is 3. The second-order valence-corrected chi connectivity index (χ2v) is 5.82. The van der Waals surface area contributed by atoms with Crippen LogP contribution in [-0.2, 0) is 14.4 Å². The first-order chi connectivity index (χ1) is 11.0. The number of rotatable bonds is 5. The van der Waals surface area contributed by atoms with Gasteiger partial charge in [-0.1, -0.05) is 23.9 Å². The lowest BCUT2D eigenvalue weighted by atomic mass is 10.2. The van der Waals surface area contributed by atoms with E-state index >= 15 is 0 Å². The van der Waals surface area contributed by atoms with Gasteiger partial charge in [0.1, 0.15) is 11.0 Å². The number of hydrazone groups is 1. The molecule has 1 aliphatic rings. The van der Waals surface area contributed by atoms with Crippen LogP contribution in [0.4, 0.5) is 5.69 Å². The van der Waals surface area contributed by atoms with Crippen molar-refractivity contribution in [3.05, 3.63) is 24.3 Å². The Hall–Kier alpha value is -2.55. The largest absolute Gasteiger partial charge is 0.495 e. The number of methoxy groups -OCH3 is 1. The quantitative estimate of drug-likeness (QED) is 0.685. The average Bonchev–Trinajstić information content (AvgIpc) is 2.85. The number of para-hydroxylation sites is 2. The Balaban J connectivity index is 1.94. The number of benzene rings is 1. The maximum Gasteiger partial charge on any atom is 0.240 e. The van der Waals surface area contributed by atoms with E-state index in [0.717, 1.165) is 11.8 Å². The first kappa shape index (κ1) is 16.8. The van der Waals surface area contributed by atoms with Crippen LogP contribution in [0.3, 0.4) is 0 Å². The number of nitrogens with zero attached hydrogens (tertiary/aromatic N) is 1. The Bertz CT molecular complexity index is 662. The van der Waals surface area contributed by atoms with E-state index in [2.05, 4.69) is 21.2 Å². The maximum atomic E-state index is 12.1. The van der Waals surface area contributed by atoms with Gasteiger partial charge in [-0.15, -0.1) is 5.10 Å². The minimum Gasteiger partial charge on any atom is -0.495 e. The number of nitrogens with one attached hydrogen (secondary N) is 3. The fraction of sp³-hybridized carbons (Fsp3) is 0.286. The van der Waals surface area contributed by atoms with Crippen LogP contribution in [0.15, 0.2) is 29.4 Å². The smallest absolute Gasteiger partial charge is 0.240 e. The molecule has 1 aliphatic heterocycles. The summed E-state index contributed by atoms with van der Waals surface area (Å²) in [6.45, 7) is 1.31. The molecule has 23 heavy (non-hydrogen) atoms. The highest BCUT2D eigenvalue weighted by atomic mass is 32.2. The van der Waals surface area contributed by atoms with Crippen molar-refractivity contribution in [3.63, 3.8) is 0 Å². The highest BCUT2D eigenvalue weighted by molar-refractivity contribution is 8.15. The van der Waals surface area contributed by atoms with Gasteiger partial charge in [-0.3, -0.25) is 14.4 Å². The lowest BCUT2D eigenvalue weighted by Gasteiger charge is -2.10. The number of thioether (sulfide) groups is 1. The minimum absolute atomic E-state index is 0.0202. The summed E-state index contributed by atoms with van der Waals surface area (Å²) in [6.07, 6.45) is -0.0202. The standard InChI is InChI=1S/C14H16N4O4S/c1-8(19)17-18-14-16-13(21)11(23-14)7-12(20)15-9-5-3-4-6-10(9)22-2/h3-6,11H,7H2,1-2H3,(H,15,20)(H,17,19)(H,16,18,21)/t11-/m1/s1. The van der Waals surface area contributed by atoms with Crippen LogP contribution in [0.2, 0.25) is 0 Å². The summed E-state index contributed by atoms with van der Waals surface area (Å²) in [4.78, 5) is 34.7. The predicted octanol–water partition coefficient (Wildman–Crippen LogP) is 0.662. The van der Waals surface area contributed by atoms with E-state index < -0.39 is 5.25 Å². The highest BCUT2D eigenvalue weighted by Crippen LogP contribution is 2.25. The topological polar surface area (TPSA) is 109 Å². The van der Waals surface area contributed by atoms with Crippen molar-refractivity contribution in [3.8, 4) is 5.75 Å². The zero-order chi connectivity index (χ0) is 16.8. The predicted molar refractivity (Wildman–Crippen MR) is 87.0 cm³/mol. The molecule has 8 nitrogen and oxygen atoms in total. The van der Waals surface area contributed by atoms with Crippen LogP contribution in [0.25, 0.3) is 0 Å². The molecule has 0 saturated carbocycles. The summed E-state index contributed by atoms with van der Waals surface area (Å²) in [5.74, 6) is -0.445. The summed E-state index contributed by atoms with van der Waals surface area (Å²) >= 11 is 1.09. The van der Waals surface area contributed by atoms with Crippen molar-refractivity contribution in [1.29, 1.82) is 0 Å². The van der Waals surface area contributed by atoms with E-state index in [1.54, 1.807) is 24.3 Å². The molecule has 2 rings (SSSR count). The summed E-state index contributed by atoms with van der Waals surface area (Å²) in [5.41, 5.74) is 2.77. The second-order valence-electron chi connectivity index (χ2n) is 4.63. The molecule has 1 aromatic rings. The van der Waals surface area contributed by atoms with Gasteiger partial charge in [-0.2, -0.15) is 0 Å². The molecule has 0 aromatic heterocycles. The van der Waals surface area contributed by atoms with Crippen molar-refractivity contribution in [1.82, 2.24) is 10.7 Å². The third-order valence-corrected chi connectivity index (χ3v) is 3.93. The molecule has 1 fully saturated rings. The molecule has 1 saturated heterocycles. The molecular weight excluding hydrogens is 320 g/mol. The molecule has 9 heteroatoms. The van der Waals surface area contributed by atoms with Gasteiger partial charge in [0.25, 0.3) is 0 Å². The molecule has 3 N–H and O–H groups in total. The van der Waals surface area contributed by atoms with Crippen molar-refractivity contribution in [2.45, 2.75) is 18.6 Å². The second kappa shape index (κ2) is 7.63. The van der Waals surface area contributed by atoms with E-state index in [-0.39, 0.29) is 29.3 Å². The van der Waals surface area contributed by atoms with Gasteiger partial charge in [-0.05, 0) is 12.1 Å². The van der Waals surface area contributed by atoms with Crippen molar-refractivity contribution in [2.75, 3.05) is 12.4 Å². The molecule has 0 spiro atoms. The van der Waals surface area contributed by atoms with Gasteiger partial charge in [0.2, 0.25) is 17.7 Å². The Morgan fingerprint density at radius 2 is 2.13 bits per heavy atom. The fourth-order valence-electron chi connectivity index (χ4n) is 1.84. The van der Waals surface area contributed by atoms with E-state index in [1.807, 2.05) is 0 Å². The van der Waals surface area contributed by atoms with Gasteiger partial charge < -0.3 is 15.4 Å². The normalized spacial score (nSPS) is 18.4. The average molecular weight is 336 g/mol. The van der Waals surface area contributed by atoms with Crippen molar-refractivity contribution >= 4 is 40.3 Å². The maximum absolute atomic E-state index is 12.1. The van der Waals surface area contributed by atoms with Crippen LogP contribution < -0.4 is 20.8 Å². The molecular formula is C14H16N4O4S. The first-order valence-corrected chi connectivity index (χ1v) is 7.62. The van der Waals surface area contributed by atoms with Gasteiger partial charge in [-0.25, -0.2) is 5.43 Å². The zero-order valence-electron chi connectivity index (χ0n) is 12.6. The first-order valence-electron chi connectivity index (χ1n) is 6.74. The van der Waals surface area contributed by atoms with E-state index in [9.17, 15) is 14.4 Å². The number of hydrogen-bond acceptors (Lipinski definition) is 6. The molecule has 0 aliphatic carbocycles. The monoisotopic (exact) mass is 336 g/mol. The molecule has 122 valence electrons. The summed E-state index contributed by atoms with van der Waals surface area (Å²) in [6, 6.07) is 7.00. The Kier molecular flexibility index (Phi) is 5.58. The Labute approximate surface area is 137 Å². The minimum atomic E-state index is -0.600. The Morgan fingerprint density at radius 3 is 2.83 bits per heavy atom. The lowest BCUT2D eigenvalue weighted by Crippen LogP contribution is -2.29. The van der Waals surface area contributed by atoms with Gasteiger partial charge >= 0.3 is 0 Å². The molecule has 0 unspecified atom stereocenters. The molecule has 1 aromatic carbocycles. The number of carbonyl (C=O) groups is 3. The lowest BCUT2D eigenvalue weighted by molar-refractivity contribution is -0.122. The highest BCUT2D eigenvalue weighted by Gasteiger charge is 2.32.